The summed E-state index contributed by atoms with van der Waals surface area (Å²) in [5.41, 5.74) is 0.428. The van der Waals surface area contributed by atoms with Crippen LogP contribution in [0.2, 0.25) is 0 Å². The molecule has 0 saturated carbocycles. The van der Waals surface area contributed by atoms with Gasteiger partial charge in [0.1, 0.15) is 11.5 Å². The Morgan fingerprint density at radius 1 is 1.29 bits per heavy atom. The van der Waals surface area contributed by atoms with Crippen LogP contribution in [0.5, 0.6) is 11.5 Å². The van der Waals surface area contributed by atoms with Crippen LogP contribution in [-0.4, -0.2) is 25.7 Å². The molecule has 0 aliphatic rings. The number of carbonyl (C=O) groups excluding carboxylic acids is 1. The maximum atomic E-state index is 11.9. The highest BCUT2D eigenvalue weighted by atomic mass is 16.5. The fraction of sp³-hybridized carbons (Fsp3) is 0.500. The lowest BCUT2D eigenvalue weighted by Gasteiger charge is -2.16. The van der Waals surface area contributed by atoms with Gasteiger partial charge >= 0.3 is 0 Å². The predicted molar refractivity (Wildman–Crippen MR) is 80.3 cm³/mol. The van der Waals surface area contributed by atoms with Crippen molar-refractivity contribution in [1.29, 1.82) is 5.26 Å². The zero-order valence-electron chi connectivity index (χ0n) is 13.0. The van der Waals surface area contributed by atoms with Crippen LogP contribution in [0, 0.1) is 17.2 Å². The van der Waals surface area contributed by atoms with E-state index in [1.807, 2.05) is 6.07 Å². The number of nitriles is 1. The topological polar surface area (TPSA) is 71.3 Å². The van der Waals surface area contributed by atoms with Crippen molar-refractivity contribution < 1.29 is 14.3 Å². The lowest BCUT2D eigenvalue weighted by atomic mass is 10.1. The van der Waals surface area contributed by atoms with Crippen molar-refractivity contribution >= 4 is 5.91 Å². The summed E-state index contributed by atoms with van der Waals surface area (Å²) in [6.45, 7) is 6.51. The Morgan fingerprint density at radius 3 is 2.52 bits per heavy atom. The van der Waals surface area contributed by atoms with E-state index in [1.165, 1.54) is 7.11 Å². The van der Waals surface area contributed by atoms with Gasteiger partial charge in [-0.2, -0.15) is 5.26 Å². The van der Waals surface area contributed by atoms with E-state index in [-0.39, 0.29) is 5.91 Å². The molecule has 0 heterocycles. The zero-order valence-corrected chi connectivity index (χ0v) is 13.0. The second-order valence-electron chi connectivity index (χ2n) is 5.24. The summed E-state index contributed by atoms with van der Waals surface area (Å²) in [7, 11) is 1.52. The number of hydrogen-bond acceptors (Lipinski definition) is 4. The molecule has 0 bridgehead atoms. The Labute approximate surface area is 125 Å². The molecule has 5 nitrogen and oxygen atoms in total. The minimum atomic E-state index is -0.629. The van der Waals surface area contributed by atoms with Gasteiger partial charge in [0.15, 0.2) is 6.10 Å². The van der Waals surface area contributed by atoms with Crippen LogP contribution < -0.4 is 14.8 Å². The van der Waals surface area contributed by atoms with Crippen LogP contribution in [-0.2, 0) is 4.79 Å². The Hall–Kier alpha value is -2.22. The number of nitrogens with one attached hydrogen (secondary N) is 1. The smallest absolute Gasteiger partial charge is 0.260 e. The molecule has 21 heavy (non-hydrogen) atoms. The van der Waals surface area contributed by atoms with E-state index < -0.39 is 6.10 Å². The number of hydrogen-bond donors (Lipinski definition) is 1. The lowest BCUT2D eigenvalue weighted by molar-refractivity contribution is -0.127. The minimum Gasteiger partial charge on any atom is -0.497 e. The number of rotatable bonds is 7. The molecule has 1 unspecified atom stereocenters. The fourth-order valence-corrected chi connectivity index (χ4v) is 1.71. The Kier molecular flexibility index (Phi) is 6.54. The molecule has 0 spiro atoms. The molecule has 0 fully saturated rings. The summed E-state index contributed by atoms with van der Waals surface area (Å²) in [5.74, 6) is 1.34. The first-order chi connectivity index (χ1) is 9.96. The molecule has 1 rings (SSSR count). The summed E-state index contributed by atoms with van der Waals surface area (Å²) in [6.07, 6.45) is 0.298. The SMILES string of the molecule is COc1cc(C#N)cc(OC(C)C(=O)NCCC(C)C)c1. The second-order valence-corrected chi connectivity index (χ2v) is 5.24. The number of carbonyl (C=O) groups is 1. The highest BCUT2D eigenvalue weighted by molar-refractivity contribution is 5.80. The molecule has 0 aromatic heterocycles. The quantitative estimate of drug-likeness (QED) is 0.837. The van der Waals surface area contributed by atoms with Gasteiger partial charge in [0.05, 0.1) is 18.7 Å². The number of benzene rings is 1. The van der Waals surface area contributed by atoms with Gasteiger partial charge in [0, 0.05) is 12.6 Å². The van der Waals surface area contributed by atoms with Crippen molar-refractivity contribution in [1.82, 2.24) is 5.32 Å². The van der Waals surface area contributed by atoms with Crippen LogP contribution in [0.4, 0.5) is 0 Å². The van der Waals surface area contributed by atoms with Gasteiger partial charge in [-0.05, 0) is 31.4 Å². The van der Waals surface area contributed by atoms with Crippen molar-refractivity contribution in [2.45, 2.75) is 33.3 Å². The summed E-state index contributed by atoms with van der Waals surface area (Å²) in [4.78, 5) is 11.9. The first-order valence-electron chi connectivity index (χ1n) is 6.99. The Morgan fingerprint density at radius 2 is 1.95 bits per heavy atom. The molecule has 5 heteroatoms. The van der Waals surface area contributed by atoms with E-state index >= 15 is 0 Å². The highest BCUT2D eigenvalue weighted by Gasteiger charge is 2.15. The first kappa shape index (κ1) is 16.8. The van der Waals surface area contributed by atoms with Crippen LogP contribution in [0.3, 0.4) is 0 Å². The molecular weight excluding hydrogens is 268 g/mol. The number of nitrogens with zero attached hydrogens (tertiary/aromatic N) is 1. The minimum absolute atomic E-state index is 0.169. The average Bonchev–Trinajstić information content (AvgIpc) is 2.46. The summed E-state index contributed by atoms with van der Waals surface area (Å²) in [5, 5.41) is 11.8. The van der Waals surface area contributed by atoms with E-state index in [1.54, 1.807) is 25.1 Å². The van der Waals surface area contributed by atoms with Gasteiger partial charge in [0.2, 0.25) is 0 Å². The third-order valence-corrected chi connectivity index (χ3v) is 2.95. The van der Waals surface area contributed by atoms with Crippen molar-refractivity contribution in [3.8, 4) is 17.6 Å². The molecule has 0 radical (unpaired) electrons. The van der Waals surface area contributed by atoms with Gasteiger partial charge in [-0.15, -0.1) is 0 Å². The van der Waals surface area contributed by atoms with E-state index in [0.29, 0.717) is 29.5 Å². The molecular formula is C16H22N2O3. The van der Waals surface area contributed by atoms with Crippen LogP contribution in [0.25, 0.3) is 0 Å². The van der Waals surface area contributed by atoms with Crippen LogP contribution >= 0.6 is 0 Å². The normalized spacial score (nSPS) is 11.6. The van der Waals surface area contributed by atoms with Crippen LogP contribution in [0.15, 0.2) is 18.2 Å². The molecule has 1 aromatic carbocycles. The average molecular weight is 290 g/mol. The maximum Gasteiger partial charge on any atom is 0.260 e. The molecule has 1 aromatic rings. The molecule has 0 saturated heterocycles. The number of ether oxygens (including phenoxy) is 2. The largest absolute Gasteiger partial charge is 0.497 e. The van der Waals surface area contributed by atoms with Crippen LogP contribution in [0.1, 0.15) is 32.8 Å². The second kappa shape index (κ2) is 8.15. The van der Waals surface area contributed by atoms with E-state index in [4.69, 9.17) is 14.7 Å². The molecule has 1 atom stereocenters. The molecule has 1 amide bonds. The van der Waals surface area contributed by atoms with Gasteiger partial charge < -0.3 is 14.8 Å². The standard InChI is InChI=1S/C16H22N2O3/c1-11(2)5-6-18-16(19)12(3)21-15-8-13(10-17)7-14(9-15)20-4/h7-9,11-12H,5-6H2,1-4H3,(H,18,19). The van der Waals surface area contributed by atoms with Gasteiger partial charge in [-0.1, -0.05) is 13.8 Å². The molecule has 114 valence electrons. The van der Waals surface area contributed by atoms with Gasteiger partial charge in [0.25, 0.3) is 5.91 Å². The number of amides is 1. The lowest BCUT2D eigenvalue weighted by Crippen LogP contribution is -2.37. The monoisotopic (exact) mass is 290 g/mol. The first-order valence-corrected chi connectivity index (χ1v) is 6.99. The van der Waals surface area contributed by atoms with Crippen molar-refractivity contribution in [2.24, 2.45) is 5.92 Å². The van der Waals surface area contributed by atoms with E-state index in [9.17, 15) is 4.79 Å². The van der Waals surface area contributed by atoms with E-state index in [2.05, 4.69) is 19.2 Å². The van der Waals surface area contributed by atoms with Crippen molar-refractivity contribution in [3.05, 3.63) is 23.8 Å². The van der Waals surface area contributed by atoms with Gasteiger partial charge in [-0.25, -0.2) is 0 Å². The van der Waals surface area contributed by atoms with E-state index in [0.717, 1.165) is 6.42 Å². The molecule has 0 aliphatic heterocycles. The highest BCUT2D eigenvalue weighted by Crippen LogP contribution is 2.23. The third-order valence-electron chi connectivity index (χ3n) is 2.95. The zero-order chi connectivity index (χ0) is 15.8. The maximum absolute atomic E-state index is 11.9. The number of methoxy groups -OCH3 is 1. The van der Waals surface area contributed by atoms with Gasteiger partial charge in [-0.3, -0.25) is 4.79 Å². The summed E-state index contributed by atoms with van der Waals surface area (Å²) in [6, 6.07) is 6.88. The fourth-order valence-electron chi connectivity index (χ4n) is 1.71. The Balaban J connectivity index is 2.63. The third kappa shape index (κ3) is 5.74. The van der Waals surface area contributed by atoms with Crippen molar-refractivity contribution in [3.63, 3.8) is 0 Å². The van der Waals surface area contributed by atoms with Crippen molar-refractivity contribution in [2.75, 3.05) is 13.7 Å². The molecule has 0 aliphatic carbocycles. The predicted octanol–water partition coefficient (Wildman–Crippen LogP) is 2.50. The molecule has 1 N–H and O–H groups in total. The summed E-state index contributed by atoms with van der Waals surface area (Å²) < 4.78 is 10.7. The Bertz CT molecular complexity index is 521. The summed E-state index contributed by atoms with van der Waals surface area (Å²) >= 11 is 0.